The molecule has 0 aliphatic heterocycles. The molecule has 4 aromatic rings. The van der Waals surface area contributed by atoms with Gasteiger partial charge in [0.2, 0.25) is 0 Å². The van der Waals surface area contributed by atoms with Crippen LogP contribution in [0.3, 0.4) is 0 Å². The van der Waals surface area contributed by atoms with E-state index in [0.29, 0.717) is 0 Å². The van der Waals surface area contributed by atoms with Crippen LogP contribution in [0.5, 0.6) is 0 Å². The lowest BCUT2D eigenvalue weighted by Crippen LogP contribution is -2.08. The molecule has 0 heterocycles. The molecule has 1 heteroatoms. The summed E-state index contributed by atoms with van der Waals surface area (Å²) >= 11 is 0. The molecular weight excluding hydrogens is 350 g/mol. The molecule has 0 N–H and O–H groups in total. The molecule has 1 aliphatic rings. The van der Waals surface area contributed by atoms with Gasteiger partial charge in [-0.15, -0.1) is 0 Å². The van der Waals surface area contributed by atoms with E-state index in [-0.39, 0.29) is 0 Å². The van der Waals surface area contributed by atoms with Crippen LogP contribution in [-0.4, -0.2) is 7.05 Å². The number of fused-ring (bicyclic) bond motifs is 3. The summed E-state index contributed by atoms with van der Waals surface area (Å²) in [4.78, 5) is 2.20. The molecule has 0 aromatic heterocycles. The first kappa shape index (κ1) is 17.5. The van der Waals surface area contributed by atoms with Crippen molar-refractivity contribution in [3.8, 4) is 11.1 Å². The van der Waals surface area contributed by atoms with Crippen LogP contribution >= 0.6 is 0 Å². The first-order chi connectivity index (χ1) is 14.3. The van der Waals surface area contributed by atoms with Crippen LogP contribution in [0.1, 0.15) is 22.3 Å². The number of benzene rings is 4. The summed E-state index contributed by atoms with van der Waals surface area (Å²) in [6, 6.07) is 34.6. The fourth-order valence-corrected chi connectivity index (χ4v) is 4.07. The summed E-state index contributed by atoms with van der Waals surface area (Å²) in [7, 11) is 2.10. The van der Waals surface area contributed by atoms with E-state index in [1.54, 1.807) is 0 Å². The SMILES string of the molecule is CN(c1ccccc1)c1ccc(/C=C/c2ccc3c(c2)Cc2ccccc2-3)cc1. The maximum absolute atomic E-state index is 2.32. The molecule has 1 nitrogen and oxygen atoms in total. The number of anilines is 2. The molecule has 29 heavy (non-hydrogen) atoms. The molecule has 0 radical (unpaired) electrons. The van der Waals surface area contributed by atoms with E-state index in [1.807, 2.05) is 6.07 Å². The molecule has 0 fully saturated rings. The second-order valence-electron chi connectivity index (χ2n) is 7.57. The highest BCUT2D eigenvalue weighted by molar-refractivity contribution is 5.79. The van der Waals surface area contributed by atoms with Crippen molar-refractivity contribution in [1.82, 2.24) is 0 Å². The minimum absolute atomic E-state index is 1.04. The Morgan fingerprint density at radius 1 is 0.586 bits per heavy atom. The third kappa shape index (κ3) is 3.48. The molecule has 1 aliphatic carbocycles. The average Bonchev–Trinajstić information content (AvgIpc) is 3.16. The molecule has 5 rings (SSSR count). The van der Waals surface area contributed by atoms with Crippen molar-refractivity contribution < 1.29 is 0 Å². The van der Waals surface area contributed by atoms with Crippen molar-refractivity contribution in [1.29, 1.82) is 0 Å². The lowest BCUT2D eigenvalue weighted by Gasteiger charge is -2.19. The zero-order valence-corrected chi connectivity index (χ0v) is 16.5. The highest BCUT2D eigenvalue weighted by atomic mass is 15.1. The predicted octanol–water partition coefficient (Wildman–Crippen LogP) is 7.20. The molecule has 4 aromatic carbocycles. The Balaban J connectivity index is 1.33. The summed E-state index contributed by atoms with van der Waals surface area (Å²) in [6.45, 7) is 0. The van der Waals surface area contributed by atoms with Gasteiger partial charge in [-0.1, -0.05) is 84.9 Å². The Labute approximate surface area is 172 Å². The number of rotatable bonds is 4. The monoisotopic (exact) mass is 373 g/mol. The van der Waals surface area contributed by atoms with Gasteiger partial charge in [-0.3, -0.25) is 0 Å². The predicted molar refractivity (Wildman–Crippen MR) is 125 cm³/mol. The summed E-state index contributed by atoms with van der Waals surface area (Å²) in [5.74, 6) is 0. The van der Waals surface area contributed by atoms with Gasteiger partial charge in [-0.05, 0) is 64.1 Å². The third-order valence-corrected chi connectivity index (χ3v) is 5.71. The van der Waals surface area contributed by atoms with E-state index in [0.717, 1.165) is 6.42 Å². The van der Waals surface area contributed by atoms with E-state index < -0.39 is 0 Å². The molecular formula is C28H23N. The number of hydrogen-bond donors (Lipinski definition) is 0. The largest absolute Gasteiger partial charge is 0.345 e. The highest BCUT2D eigenvalue weighted by Gasteiger charge is 2.17. The van der Waals surface area contributed by atoms with Gasteiger partial charge in [0.25, 0.3) is 0 Å². The third-order valence-electron chi connectivity index (χ3n) is 5.71. The molecule has 0 bridgehead atoms. The van der Waals surface area contributed by atoms with Crippen molar-refractivity contribution in [3.63, 3.8) is 0 Å². The van der Waals surface area contributed by atoms with Gasteiger partial charge in [0.05, 0.1) is 0 Å². The Morgan fingerprint density at radius 2 is 1.21 bits per heavy atom. The van der Waals surface area contributed by atoms with E-state index in [1.165, 1.54) is 44.8 Å². The second-order valence-corrected chi connectivity index (χ2v) is 7.57. The maximum Gasteiger partial charge on any atom is 0.0408 e. The quantitative estimate of drug-likeness (QED) is 0.301. The van der Waals surface area contributed by atoms with Crippen LogP contribution in [-0.2, 0) is 6.42 Å². The number of para-hydroxylation sites is 1. The van der Waals surface area contributed by atoms with Crippen LogP contribution < -0.4 is 4.90 Å². The number of hydrogen-bond acceptors (Lipinski definition) is 1. The minimum atomic E-state index is 1.04. The maximum atomic E-state index is 2.32. The Morgan fingerprint density at radius 3 is 2.03 bits per heavy atom. The summed E-state index contributed by atoms with van der Waals surface area (Å²) in [5.41, 5.74) is 10.5. The van der Waals surface area contributed by atoms with E-state index >= 15 is 0 Å². The van der Waals surface area contributed by atoms with Crippen molar-refractivity contribution in [3.05, 3.63) is 119 Å². The molecule has 0 atom stereocenters. The van der Waals surface area contributed by atoms with Gasteiger partial charge in [-0.2, -0.15) is 0 Å². The Kier molecular flexibility index (Phi) is 4.50. The topological polar surface area (TPSA) is 3.24 Å². The zero-order valence-electron chi connectivity index (χ0n) is 16.5. The molecule has 140 valence electrons. The van der Waals surface area contributed by atoms with Gasteiger partial charge < -0.3 is 4.90 Å². The fraction of sp³-hybridized carbons (Fsp3) is 0.0714. The number of nitrogens with zero attached hydrogens (tertiary/aromatic N) is 1. The van der Waals surface area contributed by atoms with Gasteiger partial charge >= 0.3 is 0 Å². The lowest BCUT2D eigenvalue weighted by atomic mass is 10.0. The normalized spacial score (nSPS) is 12.0. The van der Waals surface area contributed by atoms with Gasteiger partial charge in [0.1, 0.15) is 0 Å². The van der Waals surface area contributed by atoms with Crippen molar-refractivity contribution in [2.75, 3.05) is 11.9 Å². The van der Waals surface area contributed by atoms with Crippen molar-refractivity contribution in [2.24, 2.45) is 0 Å². The van der Waals surface area contributed by atoms with Crippen molar-refractivity contribution >= 4 is 23.5 Å². The van der Waals surface area contributed by atoms with Crippen LogP contribution in [0.15, 0.2) is 97.1 Å². The van der Waals surface area contributed by atoms with Crippen LogP contribution in [0.2, 0.25) is 0 Å². The smallest absolute Gasteiger partial charge is 0.0408 e. The fourth-order valence-electron chi connectivity index (χ4n) is 4.07. The summed E-state index contributed by atoms with van der Waals surface area (Å²) in [5, 5.41) is 0. The highest BCUT2D eigenvalue weighted by Crippen LogP contribution is 2.37. The van der Waals surface area contributed by atoms with E-state index in [4.69, 9.17) is 0 Å². The van der Waals surface area contributed by atoms with E-state index in [9.17, 15) is 0 Å². The van der Waals surface area contributed by atoms with Crippen LogP contribution in [0.4, 0.5) is 11.4 Å². The molecule has 0 saturated carbocycles. The standard InChI is InChI=1S/C28H23N/c1-29(25-8-3-2-4-9-25)26-16-13-21(14-17-26)11-12-22-15-18-28-24(19-22)20-23-7-5-6-10-27(23)28/h2-19H,20H2,1H3/b12-11+. The van der Waals surface area contributed by atoms with Gasteiger partial charge in [-0.25, -0.2) is 0 Å². The van der Waals surface area contributed by atoms with Gasteiger partial charge in [0.15, 0.2) is 0 Å². The Bertz CT molecular complexity index is 1170. The average molecular weight is 373 g/mol. The van der Waals surface area contributed by atoms with Crippen LogP contribution in [0, 0.1) is 0 Å². The minimum Gasteiger partial charge on any atom is -0.345 e. The van der Waals surface area contributed by atoms with Crippen molar-refractivity contribution in [2.45, 2.75) is 6.42 Å². The van der Waals surface area contributed by atoms with Crippen LogP contribution in [0.25, 0.3) is 23.3 Å². The van der Waals surface area contributed by atoms with Gasteiger partial charge in [0, 0.05) is 18.4 Å². The molecule has 0 unspecified atom stereocenters. The first-order valence-corrected chi connectivity index (χ1v) is 10.1. The van der Waals surface area contributed by atoms with E-state index in [2.05, 4.69) is 115 Å². The molecule has 0 spiro atoms. The second kappa shape index (κ2) is 7.44. The summed E-state index contributed by atoms with van der Waals surface area (Å²) < 4.78 is 0. The Hall–Kier alpha value is -3.58. The first-order valence-electron chi connectivity index (χ1n) is 10.1. The molecule has 0 amide bonds. The zero-order chi connectivity index (χ0) is 19.6. The summed E-state index contributed by atoms with van der Waals surface area (Å²) in [6.07, 6.45) is 5.43. The molecule has 0 saturated heterocycles. The lowest BCUT2D eigenvalue weighted by molar-refractivity contribution is 1.21.